The number of nitrogens with one attached hydrogen (secondary N) is 2. The van der Waals surface area contributed by atoms with Gasteiger partial charge in [0, 0.05) is 61.6 Å². The molecule has 2 N–H and O–H groups in total. The van der Waals surface area contributed by atoms with Gasteiger partial charge in [-0.1, -0.05) is 0 Å². The van der Waals surface area contributed by atoms with Crippen molar-refractivity contribution in [2.45, 2.75) is 12.7 Å². The van der Waals surface area contributed by atoms with E-state index in [-0.39, 0.29) is 0 Å². The molecule has 0 saturated carbocycles. The van der Waals surface area contributed by atoms with Gasteiger partial charge >= 0.3 is 6.18 Å². The molecular weight excluding hydrogens is 417 g/mol. The molecule has 0 radical (unpaired) electrons. The van der Waals surface area contributed by atoms with Crippen LogP contribution in [0.4, 0.5) is 24.5 Å². The van der Waals surface area contributed by atoms with Gasteiger partial charge in [0.25, 0.3) is 0 Å². The van der Waals surface area contributed by atoms with Gasteiger partial charge in [-0.05, 0) is 42.9 Å². The lowest BCUT2D eigenvalue weighted by atomic mass is 10.1. The fourth-order valence-electron chi connectivity index (χ4n) is 4.11. The zero-order valence-corrected chi connectivity index (χ0v) is 17.6. The molecule has 5 rings (SSSR count). The van der Waals surface area contributed by atoms with E-state index in [9.17, 15) is 13.2 Å². The second-order valence-electron chi connectivity index (χ2n) is 8.14. The van der Waals surface area contributed by atoms with Crippen LogP contribution < -0.4 is 10.2 Å². The van der Waals surface area contributed by atoms with Crippen LogP contribution in [-0.4, -0.2) is 53.1 Å². The van der Waals surface area contributed by atoms with Crippen LogP contribution in [0, 0.1) is 0 Å². The Morgan fingerprint density at radius 2 is 1.88 bits per heavy atom. The standard InChI is InChI=1S/C23H23F3N6/c1-31-5-7-32(8-6-31)17-11-19-20(9-16(23(24,25)26)10-21(19)29-14-17)28-12-15-13-30-22-18(15)3-2-4-27-22/h2-4,9-11,13-14,28H,5-8,12H2,1H3,(H,27,30). The number of hydrogen-bond donors (Lipinski definition) is 2. The van der Waals surface area contributed by atoms with Gasteiger partial charge < -0.3 is 20.1 Å². The number of alkyl halides is 3. The van der Waals surface area contributed by atoms with Gasteiger partial charge in [-0.2, -0.15) is 13.2 Å². The monoisotopic (exact) mass is 440 g/mol. The summed E-state index contributed by atoms with van der Waals surface area (Å²) >= 11 is 0. The van der Waals surface area contributed by atoms with E-state index in [2.05, 4.69) is 37.1 Å². The molecule has 1 aromatic carbocycles. The van der Waals surface area contributed by atoms with Gasteiger partial charge in [0.15, 0.2) is 0 Å². The summed E-state index contributed by atoms with van der Waals surface area (Å²) in [4.78, 5) is 16.2. The molecule has 1 aliphatic rings. The second kappa shape index (κ2) is 7.98. The molecule has 0 aliphatic carbocycles. The van der Waals surface area contributed by atoms with Crippen molar-refractivity contribution in [2.24, 2.45) is 0 Å². The van der Waals surface area contributed by atoms with Crippen LogP contribution in [0.5, 0.6) is 0 Å². The van der Waals surface area contributed by atoms with Crippen LogP contribution in [0.3, 0.4) is 0 Å². The third-order valence-corrected chi connectivity index (χ3v) is 5.99. The van der Waals surface area contributed by atoms with Gasteiger partial charge in [-0.15, -0.1) is 0 Å². The fraction of sp³-hybridized carbons (Fsp3) is 0.304. The van der Waals surface area contributed by atoms with E-state index >= 15 is 0 Å². The van der Waals surface area contributed by atoms with Crippen molar-refractivity contribution in [3.63, 3.8) is 0 Å². The Morgan fingerprint density at radius 3 is 2.66 bits per heavy atom. The van der Waals surface area contributed by atoms with Crippen LogP contribution in [0.15, 0.2) is 48.9 Å². The van der Waals surface area contributed by atoms with Gasteiger partial charge in [-0.3, -0.25) is 4.98 Å². The highest BCUT2D eigenvalue weighted by Crippen LogP contribution is 2.36. The maximum absolute atomic E-state index is 13.5. The maximum atomic E-state index is 13.5. The first-order valence-electron chi connectivity index (χ1n) is 10.5. The summed E-state index contributed by atoms with van der Waals surface area (Å²) in [5, 5.41) is 4.83. The van der Waals surface area contributed by atoms with E-state index in [4.69, 9.17) is 0 Å². The fourth-order valence-corrected chi connectivity index (χ4v) is 4.11. The van der Waals surface area contributed by atoms with Crippen LogP contribution >= 0.6 is 0 Å². The Balaban J connectivity index is 1.52. The number of pyridine rings is 2. The number of nitrogens with zero attached hydrogens (tertiary/aromatic N) is 4. The second-order valence-corrected chi connectivity index (χ2v) is 8.14. The highest BCUT2D eigenvalue weighted by molar-refractivity contribution is 5.94. The number of aromatic amines is 1. The number of H-pyrrole nitrogens is 1. The van der Waals surface area contributed by atoms with E-state index in [1.165, 1.54) is 6.07 Å². The maximum Gasteiger partial charge on any atom is 0.416 e. The number of benzene rings is 1. The smallest absolute Gasteiger partial charge is 0.380 e. The molecule has 6 nitrogen and oxygen atoms in total. The molecule has 4 heterocycles. The summed E-state index contributed by atoms with van der Waals surface area (Å²) in [6, 6.07) is 8.00. The molecule has 1 aliphatic heterocycles. The molecule has 0 unspecified atom stereocenters. The predicted molar refractivity (Wildman–Crippen MR) is 120 cm³/mol. The third kappa shape index (κ3) is 3.95. The summed E-state index contributed by atoms with van der Waals surface area (Å²) in [5.74, 6) is 0. The Bertz CT molecular complexity index is 1260. The predicted octanol–water partition coefficient (Wildman–Crippen LogP) is 4.49. The highest BCUT2D eigenvalue weighted by atomic mass is 19.4. The topological polar surface area (TPSA) is 60.1 Å². The Morgan fingerprint density at radius 1 is 1.06 bits per heavy atom. The first-order valence-corrected chi connectivity index (χ1v) is 10.5. The lowest BCUT2D eigenvalue weighted by Gasteiger charge is -2.34. The van der Waals surface area contributed by atoms with E-state index < -0.39 is 11.7 Å². The van der Waals surface area contributed by atoms with E-state index in [0.717, 1.165) is 54.5 Å². The van der Waals surface area contributed by atoms with Crippen molar-refractivity contribution < 1.29 is 13.2 Å². The lowest BCUT2D eigenvalue weighted by molar-refractivity contribution is -0.137. The average molecular weight is 440 g/mol. The summed E-state index contributed by atoms with van der Waals surface area (Å²) in [6.07, 6.45) is 0.742. The average Bonchev–Trinajstić information content (AvgIpc) is 3.20. The first kappa shape index (κ1) is 20.6. The van der Waals surface area contributed by atoms with Crippen molar-refractivity contribution in [1.82, 2.24) is 19.9 Å². The quantitative estimate of drug-likeness (QED) is 0.490. The Labute approximate surface area is 183 Å². The molecule has 3 aromatic heterocycles. The Hall–Kier alpha value is -3.33. The number of rotatable bonds is 4. The summed E-state index contributed by atoms with van der Waals surface area (Å²) in [5.41, 5.74) is 2.62. The molecule has 9 heteroatoms. The molecule has 0 bridgehead atoms. The number of likely N-dealkylation sites (N-methyl/N-ethyl adjacent to an activating group) is 1. The van der Waals surface area contributed by atoms with E-state index in [1.807, 2.05) is 24.4 Å². The van der Waals surface area contributed by atoms with Crippen LogP contribution in [-0.2, 0) is 12.7 Å². The van der Waals surface area contributed by atoms with Gasteiger partial charge in [0.2, 0.25) is 0 Å². The summed E-state index contributed by atoms with van der Waals surface area (Å²) in [7, 11) is 2.08. The minimum atomic E-state index is -4.45. The van der Waals surface area contributed by atoms with Crippen LogP contribution in [0.25, 0.3) is 21.9 Å². The highest BCUT2D eigenvalue weighted by Gasteiger charge is 2.32. The number of hydrogen-bond acceptors (Lipinski definition) is 5. The van der Waals surface area contributed by atoms with Crippen molar-refractivity contribution in [3.8, 4) is 0 Å². The molecule has 0 amide bonds. The van der Waals surface area contributed by atoms with Crippen molar-refractivity contribution in [1.29, 1.82) is 0 Å². The van der Waals surface area contributed by atoms with Crippen molar-refractivity contribution in [3.05, 3.63) is 60.0 Å². The number of piperazine rings is 1. The molecule has 1 saturated heterocycles. The Kier molecular flexibility index (Phi) is 5.13. The molecule has 1 fully saturated rings. The molecule has 32 heavy (non-hydrogen) atoms. The zero-order chi connectivity index (χ0) is 22.3. The van der Waals surface area contributed by atoms with Crippen molar-refractivity contribution in [2.75, 3.05) is 43.4 Å². The molecule has 4 aromatic rings. The number of halogens is 3. The number of anilines is 2. The molecular formula is C23H23F3N6. The molecule has 0 spiro atoms. The zero-order valence-electron chi connectivity index (χ0n) is 17.6. The lowest BCUT2D eigenvalue weighted by Crippen LogP contribution is -2.44. The van der Waals surface area contributed by atoms with Gasteiger partial charge in [0.1, 0.15) is 5.65 Å². The largest absolute Gasteiger partial charge is 0.416 e. The normalized spacial score (nSPS) is 15.6. The summed E-state index contributed by atoms with van der Waals surface area (Å²) in [6.45, 7) is 3.95. The first-order chi connectivity index (χ1) is 15.4. The van der Waals surface area contributed by atoms with Gasteiger partial charge in [0.05, 0.1) is 23.0 Å². The van der Waals surface area contributed by atoms with Crippen LogP contribution in [0.1, 0.15) is 11.1 Å². The van der Waals surface area contributed by atoms with Crippen LogP contribution in [0.2, 0.25) is 0 Å². The third-order valence-electron chi connectivity index (χ3n) is 5.99. The molecule has 166 valence electrons. The molecule has 0 atom stereocenters. The van der Waals surface area contributed by atoms with E-state index in [0.29, 0.717) is 23.1 Å². The van der Waals surface area contributed by atoms with E-state index in [1.54, 1.807) is 12.4 Å². The van der Waals surface area contributed by atoms with Crippen molar-refractivity contribution >= 4 is 33.3 Å². The minimum absolute atomic E-state index is 0.320. The number of fused-ring (bicyclic) bond motifs is 2. The minimum Gasteiger partial charge on any atom is -0.380 e. The SMILES string of the molecule is CN1CCN(c2cnc3cc(C(F)(F)F)cc(NCc4c[nH]c5ncccc45)c3c2)CC1. The number of aromatic nitrogens is 3. The van der Waals surface area contributed by atoms with Gasteiger partial charge in [-0.25, -0.2) is 4.98 Å². The summed E-state index contributed by atoms with van der Waals surface area (Å²) < 4.78 is 40.6.